The largest absolute Gasteiger partial charge is 0.497 e. The Kier molecular flexibility index (Phi) is 4.84. The van der Waals surface area contributed by atoms with Gasteiger partial charge in [-0.15, -0.1) is 0 Å². The number of pyridine rings is 1. The molecule has 0 saturated carbocycles. The molecular weight excluding hydrogens is 408 g/mol. The van der Waals surface area contributed by atoms with Crippen molar-refractivity contribution >= 4 is 33.6 Å². The van der Waals surface area contributed by atoms with Crippen molar-refractivity contribution < 1.29 is 14.6 Å². The summed E-state index contributed by atoms with van der Waals surface area (Å²) >= 11 is 0. The number of nitrogens with zero attached hydrogens (tertiary/aromatic N) is 3. The van der Waals surface area contributed by atoms with Crippen LogP contribution in [0.1, 0.15) is 34.8 Å². The van der Waals surface area contributed by atoms with Gasteiger partial charge in [0, 0.05) is 30.7 Å². The number of rotatable bonds is 4. The highest BCUT2D eigenvalue weighted by atomic mass is 16.5. The number of fused-ring (bicyclic) bond motifs is 2. The maximum atomic E-state index is 12.7. The number of hydrogen-bond acceptors (Lipinski definition) is 5. The van der Waals surface area contributed by atoms with Gasteiger partial charge < -0.3 is 19.7 Å². The average Bonchev–Trinajstić information content (AvgIpc) is 3.12. The number of ether oxygens (including phenoxy) is 1. The van der Waals surface area contributed by atoms with E-state index in [0.717, 1.165) is 40.3 Å². The number of carboxylic acids is 1. The fourth-order valence-electron chi connectivity index (χ4n) is 4.74. The number of imidazole rings is 1. The minimum atomic E-state index is -1.01. The number of aromatic amines is 1. The zero-order chi connectivity index (χ0) is 22.4. The number of hydrogen-bond donors (Lipinski definition) is 2. The quantitative estimate of drug-likeness (QED) is 0.510. The lowest BCUT2D eigenvalue weighted by Gasteiger charge is -2.35. The van der Waals surface area contributed by atoms with E-state index in [2.05, 4.69) is 14.9 Å². The van der Waals surface area contributed by atoms with E-state index in [1.807, 2.05) is 47.9 Å². The first-order valence-electron chi connectivity index (χ1n) is 10.6. The third-order valence-corrected chi connectivity index (χ3v) is 6.29. The van der Waals surface area contributed by atoms with Gasteiger partial charge in [0.25, 0.3) is 0 Å². The third kappa shape index (κ3) is 3.28. The number of nitrogens with one attached hydrogen (secondary N) is 1. The molecule has 0 radical (unpaired) electrons. The molecule has 1 aliphatic heterocycles. The van der Waals surface area contributed by atoms with Crippen LogP contribution in [-0.2, 0) is 0 Å². The molecule has 0 aliphatic carbocycles. The number of H-pyrrole nitrogens is 1. The van der Waals surface area contributed by atoms with Crippen molar-refractivity contribution in [3.63, 3.8) is 0 Å². The van der Waals surface area contributed by atoms with E-state index in [4.69, 9.17) is 4.74 Å². The maximum absolute atomic E-state index is 12.7. The number of carbonyl (C=O) groups is 1. The van der Waals surface area contributed by atoms with Crippen molar-refractivity contribution in [3.8, 4) is 5.75 Å². The van der Waals surface area contributed by atoms with Crippen molar-refractivity contribution in [2.45, 2.75) is 25.8 Å². The molecule has 0 amide bonds. The molecule has 1 aliphatic rings. The summed E-state index contributed by atoms with van der Waals surface area (Å²) in [6, 6.07) is 11.5. The molecule has 5 rings (SSSR count). The minimum absolute atomic E-state index is 0.0473. The number of methoxy groups -OCH3 is 1. The number of benzene rings is 2. The van der Waals surface area contributed by atoms with E-state index < -0.39 is 5.97 Å². The Morgan fingerprint density at radius 3 is 2.69 bits per heavy atom. The first-order valence-corrected chi connectivity index (χ1v) is 10.6. The van der Waals surface area contributed by atoms with Crippen LogP contribution < -0.4 is 15.3 Å². The highest BCUT2D eigenvalue weighted by molar-refractivity contribution is 6.05. The van der Waals surface area contributed by atoms with Gasteiger partial charge in [0.1, 0.15) is 11.3 Å². The first kappa shape index (κ1) is 20.1. The molecule has 4 aromatic rings. The van der Waals surface area contributed by atoms with Gasteiger partial charge in [-0.25, -0.2) is 9.59 Å². The lowest BCUT2D eigenvalue weighted by Crippen LogP contribution is -2.37. The molecule has 3 heterocycles. The number of aromatic carboxylic acids is 1. The lowest BCUT2D eigenvalue weighted by atomic mass is 10.0. The standard InChI is InChI=1S/C24H24N4O4/c1-14-3-6-21-20(11-14)26-24(31)28(21)15-7-9-27(10-8-15)22-17-12-16(32-2)4-5-19(17)25-13-18(22)23(29)30/h3-6,11-13,15H,7-10H2,1-2H3,(H,26,31)(H,29,30). The van der Waals surface area contributed by atoms with Crippen LogP contribution in [0.2, 0.25) is 0 Å². The topological polar surface area (TPSA) is 100 Å². The van der Waals surface area contributed by atoms with Crippen LogP contribution in [0.4, 0.5) is 5.69 Å². The van der Waals surface area contributed by atoms with E-state index in [1.165, 1.54) is 6.20 Å². The van der Waals surface area contributed by atoms with Gasteiger partial charge in [0.15, 0.2) is 0 Å². The van der Waals surface area contributed by atoms with Crippen molar-refractivity contribution in [1.82, 2.24) is 14.5 Å². The summed E-state index contributed by atoms with van der Waals surface area (Å²) in [4.78, 5) is 34.1. The van der Waals surface area contributed by atoms with Crippen LogP contribution in [-0.4, -0.2) is 45.8 Å². The van der Waals surface area contributed by atoms with E-state index >= 15 is 0 Å². The Labute approximate surface area is 184 Å². The summed E-state index contributed by atoms with van der Waals surface area (Å²) in [5.41, 5.74) is 4.29. The molecule has 1 saturated heterocycles. The second kappa shape index (κ2) is 7.71. The van der Waals surface area contributed by atoms with E-state index in [-0.39, 0.29) is 17.3 Å². The molecule has 1 fully saturated rings. The van der Waals surface area contributed by atoms with Crippen LogP contribution in [0.3, 0.4) is 0 Å². The molecule has 0 unspecified atom stereocenters. The molecule has 0 atom stereocenters. The highest BCUT2D eigenvalue weighted by Gasteiger charge is 2.27. The van der Waals surface area contributed by atoms with Gasteiger partial charge in [-0.05, 0) is 55.7 Å². The Morgan fingerprint density at radius 1 is 1.19 bits per heavy atom. The number of piperidine rings is 1. The van der Waals surface area contributed by atoms with Gasteiger partial charge in [-0.3, -0.25) is 9.55 Å². The monoisotopic (exact) mass is 432 g/mol. The molecule has 0 spiro atoms. The van der Waals surface area contributed by atoms with Crippen molar-refractivity contribution in [2.24, 2.45) is 0 Å². The second-order valence-electron chi connectivity index (χ2n) is 8.25. The summed E-state index contributed by atoms with van der Waals surface area (Å²) in [5, 5.41) is 10.6. The number of aryl methyl sites for hydroxylation is 1. The number of aromatic nitrogens is 3. The van der Waals surface area contributed by atoms with E-state index in [1.54, 1.807) is 7.11 Å². The predicted molar refractivity (Wildman–Crippen MR) is 123 cm³/mol. The summed E-state index contributed by atoms with van der Waals surface area (Å²) < 4.78 is 7.20. The van der Waals surface area contributed by atoms with Crippen LogP contribution in [0, 0.1) is 6.92 Å². The highest BCUT2D eigenvalue weighted by Crippen LogP contribution is 2.36. The zero-order valence-electron chi connectivity index (χ0n) is 18.0. The third-order valence-electron chi connectivity index (χ3n) is 6.29. The fraction of sp³-hybridized carbons (Fsp3) is 0.292. The second-order valence-corrected chi connectivity index (χ2v) is 8.25. The summed E-state index contributed by atoms with van der Waals surface area (Å²) in [7, 11) is 1.58. The van der Waals surface area contributed by atoms with Gasteiger partial charge in [0.05, 0.1) is 29.3 Å². The predicted octanol–water partition coefficient (Wildman–Crippen LogP) is 3.73. The molecule has 2 N–H and O–H groups in total. The normalized spacial score (nSPS) is 14.9. The van der Waals surface area contributed by atoms with Crippen LogP contribution >= 0.6 is 0 Å². The Bertz CT molecular complexity index is 1400. The van der Waals surface area contributed by atoms with E-state index in [9.17, 15) is 14.7 Å². The molecular formula is C24H24N4O4. The van der Waals surface area contributed by atoms with E-state index in [0.29, 0.717) is 24.5 Å². The fourth-order valence-corrected chi connectivity index (χ4v) is 4.74. The van der Waals surface area contributed by atoms with Crippen LogP contribution in [0.5, 0.6) is 5.75 Å². The van der Waals surface area contributed by atoms with Gasteiger partial charge in [-0.2, -0.15) is 0 Å². The molecule has 8 heteroatoms. The number of anilines is 1. The Balaban J connectivity index is 1.51. The maximum Gasteiger partial charge on any atom is 0.339 e. The van der Waals surface area contributed by atoms with Crippen LogP contribution in [0.15, 0.2) is 47.4 Å². The van der Waals surface area contributed by atoms with Crippen molar-refractivity contribution in [2.75, 3.05) is 25.1 Å². The summed E-state index contributed by atoms with van der Waals surface area (Å²) in [5.74, 6) is -0.360. The number of carboxylic acid groups (broad SMARTS) is 1. The van der Waals surface area contributed by atoms with Gasteiger partial charge in [0.2, 0.25) is 0 Å². The summed E-state index contributed by atoms with van der Waals surface area (Å²) in [6.45, 7) is 3.26. The van der Waals surface area contributed by atoms with Gasteiger partial charge in [-0.1, -0.05) is 6.07 Å². The Morgan fingerprint density at radius 2 is 1.97 bits per heavy atom. The van der Waals surface area contributed by atoms with Crippen molar-refractivity contribution in [3.05, 3.63) is 64.2 Å². The summed E-state index contributed by atoms with van der Waals surface area (Å²) in [6.07, 6.45) is 2.88. The molecule has 0 bridgehead atoms. The van der Waals surface area contributed by atoms with Gasteiger partial charge >= 0.3 is 11.7 Å². The minimum Gasteiger partial charge on any atom is -0.497 e. The molecule has 32 heavy (non-hydrogen) atoms. The lowest BCUT2D eigenvalue weighted by molar-refractivity contribution is 0.0697. The molecule has 2 aromatic heterocycles. The molecule has 2 aromatic carbocycles. The van der Waals surface area contributed by atoms with Crippen molar-refractivity contribution in [1.29, 1.82) is 0 Å². The smallest absolute Gasteiger partial charge is 0.339 e. The Hall–Kier alpha value is -3.81. The molecule has 164 valence electrons. The van der Waals surface area contributed by atoms with Crippen LogP contribution in [0.25, 0.3) is 21.9 Å². The molecule has 8 nitrogen and oxygen atoms in total. The zero-order valence-corrected chi connectivity index (χ0v) is 18.0. The first-order chi connectivity index (χ1) is 15.5. The average molecular weight is 432 g/mol. The SMILES string of the molecule is COc1ccc2ncc(C(=O)O)c(N3CCC(n4c(=O)[nH]c5cc(C)ccc54)CC3)c2c1.